The van der Waals surface area contributed by atoms with Crippen molar-refractivity contribution in [2.24, 2.45) is 0 Å². The van der Waals surface area contributed by atoms with E-state index in [0.717, 1.165) is 28.3 Å². The van der Waals surface area contributed by atoms with Gasteiger partial charge in [-0.05, 0) is 6.42 Å². The van der Waals surface area contributed by atoms with Crippen LogP contribution in [0.25, 0.3) is 16.2 Å². The summed E-state index contributed by atoms with van der Waals surface area (Å²) < 4.78 is 7.05. The molecule has 0 N–H and O–H groups in total. The summed E-state index contributed by atoms with van der Waals surface area (Å²) in [6, 6.07) is 10.1. The highest BCUT2D eigenvalue weighted by Crippen LogP contribution is 2.23. The first-order valence-corrected chi connectivity index (χ1v) is 8.81. The van der Waals surface area contributed by atoms with Crippen molar-refractivity contribution in [2.45, 2.75) is 12.8 Å². The van der Waals surface area contributed by atoms with Crippen LogP contribution in [-0.4, -0.2) is 47.5 Å². The fraction of sp³-hybridized carbons (Fsp3) is 0.333. The average Bonchev–Trinajstić information content (AvgIpc) is 3.18. The van der Waals surface area contributed by atoms with Gasteiger partial charge in [-0.25, -0.2) is 4.98 Å². The lowest BCUT2D eigenvalue weighted by Gasteiger charge is -2.16. The van der Waals surface area contributed by atoms with Crippen LogP contribution in [0.4, 0.5) is 0 Å². The van der Waals surface area contributed by atoms with Gasteiger partial charge in [0.15, 0.2) is 4.96 Å². The zero-order chi connectivity index (χ0) is 16.9. The summed E-state index contributed by atoms with van der Waals surface area (Å²) in [5.74, 6) is 0.112. The van der Waals surface area contributed by atoms with E-state index >= 15 is 0 Å². The molecule has 0 aliphatic heterocycles. The quantitative estimate of drug-likeness (QED) is 0.619. The number of nitrogens with zero attached hydrogens (tertiary/aromatic N) is 3. The molecule has 0 aliphatic rings. The fourth-order valence-corrected chi connectivity index (χ4v) is 3.44. The standard InChI is InChI=1S/C18H21N3O2S/c1-20(9-6-10-23-2)17(22)11-15-13-24-18-19-16(12-21(15)18)14-7-4-3-5-8-14/h3-5,7-8,12-13H,6,9-11H2,1-2H3. The van der Waals surface area contributed by atoms with Crippen molar-refractivity contribution in [1.82, 2.24) is 14.3 Å². The Bertz CT molecular complexity index is 810. The van der Waals surface area contributed by atoms with E-state index in [1.165, 1.54) is 0 Å². The summed E-state index contributed by atoms with van der Waals surface area (Å²) in [6.07, 6.45) is 3.24. The van der Waals surface area contributed by atoms with Crippen molar-refractivity contribution < 1.29 is 9.53 Å². The number of methoxy groups -OCH3 is 1. The largest absolute Gasteiger partial charge is 0.385 e. The van der Waals surface area contributed by atoms with Gasteiger partial charge in [0, 0.05) is 50.1 Å². The van der Waals surface area contributed by atoms with Crippen molar-refractivity contribution in [1.29, 1.82) is 0 Å². The SMILES string of the molecule is COCCCN(C)C(=O)Cc1csc2nc(-c3ccccc3)cn12. The molecule has 3 aromatic rings. The molecule has 0 spiro atoms. The van der Waals surface area contributed by atoms with Gasteiger partial charge in [-0.15, -0.1) is 11.3 Å². The first-order valence-electron chi connectivity index (χ1n) is 7.93. The Morgan fingerprint density at radius 1 is 1.33 bits per heavy atom. The molecule has 0 bridgehead atoms. The van der Waals surface area contributed by atoms with Crippen LogP contribution in [0.2, 0.25) is 0 Å². The number of benzene rings is 1. The molecule has 2 aromatic heterocycles. The van der Waals surface area contributed by atoms with Crippen LogP contribution in [0.3, 0.4) is 0 Å². The molecule has 0 saturated carbocycles. The lowest BCUT2D eigenvalue weighted by atomic mass is 10.2. The third kappa shape index (κ3) is 3.66. The molecule has 24 heavy (non-hydrogen) atoms. The number of likely N-dealkylation sites (N-methyl/N-ethyl adjacent to an activating group) is 1. The zero-order valence-corrected chi connectivity index (χ0v) is 14.8. The predicted molar refractivity (Wildman–Crippen MR) is 96.3 cm³/mol. The van der Waals surface area contributed by atoms with Crippen LogP contribution < -0.4 is 0 Å². The van der Waals surface area contributed by atoms with E-state index < -0.39 is 0 Å². The minimum Gasteiger partial charge on any atom is -0.385 e. The Labute approximate surface area is 145 Å². The van der Waals surface area contributed by atoms with Crippen LogP contribution >= 0.6 is 11.3 Å². The van der Waals surface area contributed by atoms with Crippen LogP contribution in [-0.2, 0) is 16.0 Å². The van der Waals surface area contributed by atoms with E-state index in [1.807, 2.05) is 53.4 Å². The second kappa shape index (κ2) is 7.59. The maximum atomic E-state index is 12.4. The van der Waals surface area contributed by atoms with E-state index in [4.69, 9.17) is 4.74 Å². The molecule has 0 atom stereocenters. The molecular weight excluding hydrogens is 322 g/mol. The second-order valence-electron chi connectivity index (χ2n) is 5.71. The Balaban J connectivity index is 1.73. The molecule has 5 nitrogen and oxygen atoms in total. The van der Waals surface area contributed by atoms with Gasteiger partial charge in [-0.3, -0.25) is 9.20 Å². The normalized spacial score (nSPS) is 11.1. The van der Waals surface area contributed by atoms with Crippen LogP contribution in [0.15, 0.2) is 41.9 Å². The van der Waals surface area contributed by atoms with Gasteiger partial charge in [0.2, 0.25) is 5.91 Å². The molecule has 0 saturated heterocycles. The smallest absolute Gasteiger partial charge is 0.228 e. The number of hydrogen-bond donors (Lipinski definition) is 0. The third-order valence-corrected chi connectivity index (χ3v) is 4.84. The molecule has 2 heterocycles. The van der Waals surface area contributed by atoms with Crippen LogP contribution in [0.1, 0.15) is 12.1 Å². The molecule has 126 valence electrons. The van der Waals surface area contributed by atoms with Gasteiger partial charge >= 0.3 is 0 Å². The molecular formula is C18H21N3O2S. The fourth-order valence-electron chi connectivity index (χ4n) is 2.57. The molecule has 1 aromatic carbocycles. The van der Waals surface area contributed by atoms with Crippen LogP contribution in [0.5, 0.6) is 0 Å². The summed E-state index contributed by atoms with van der Waals surface area (Å²) in [6.45, 7) is 1.38. The highest BCUT2D eigenvalue weighted by Gasteiger charge is 2.15. The van der Waals surface area contributed by atoms with Crippen molar-refractivity contribution in [3.63, 3.8) is 0 Å². The molecule has 0 radical (unpaired) electrons. The summed E-state index contributed by atoms with van der Waals surface area (Å²) in [4.78, 5) is 19.7. The molecule has 3 rings (SSSR count). The summed E-state index contributed by atoms with van der Waals surface area (Å²) in [7, 11) is 3.51. The monoisotopic (exact) mass is 343 g/mol. The number of carbonyl (C=O) groups excluding carboxylic acids is 1. The second-order valence-corrected chi connectivity index (χ2v) is 6.55. The predicted octanol–water partition coefficient (Wildman–Crippen LogP) is 3.10. The number of thiazole rings is 1. The van der Waals surface area contributed by atoms with Gasteiger partial charge in [0.05, 0.1) is 12.1 Å². The van der Waals surface area contributed by atoms with E-state index in [0.29, 0.717) is 19.6 Å². The van der Waals surface area contributed by atoms with Gasteiger partial charge in [-0.2, -0.15) is 0 Å². The topological polar surface area (TPSA) is 46.8 Å². The van der Waals surface area contributed by atoms with Gasteiger partial charge < -0.3 is 9.64 Å². The molecule has 0 aliphatic carbocycles. The first kappa shape index (κ1) is 16.7. The van der Waals surface area contributed by atoms with Gasteiger partial charge in [0.25, 0.3) is 0 Å². The van der Waals surface area contributed by atoms with E-state index in [2.05, 4.69) is 4.98 Å². The summed E-state index contributed by atoms with van der Waals surface area (Å²) >= 11 is 1.57. The number of hydrogen-bond acceptors (Lipinski definition) is 4. The van der Waals surface area contributed by atoms with Crippen LogP contribution in [0, 0.1) is 0 Å². The molecule has 1 amide bonds. The van der Waals surface area contributed by atoms with Crippen molar-refractivity contribution in [3.8, 4) is 11.3 Å². The lowest BCUT2D eigenvalue weighted by molar-refractivity contribution is -0.129. The summed E-state index contributed by atoms with van der Waals surface area (Å²) in [5, 5.41) is 2.01. The molecule has 0 fully saturated rings. The highest BCUT2D eigenvalue weighted by atomic mass is 32.1. The maximum Gasteiger partial charge on any atom is 0.228 e. The number of aromatic nitrogens is 2. The Kier molecular flexibility index (Phi) is 5.27. The van der Waals surface area contributed by atoms with Crippen molar-refractivity contribution >= 4 is 22.2 Å². The number of carbonyl (C=O) groups is 1. The Hall–Kier alpha value is -2.18. The molecule has 6 heteroatoms. The zero-order valence-electron chi connectivity index (χ0n) is 13.9. The average molecular weight is 343 g/mol. The maximum absolute atomic E-state index is 12.4. The van der Waals surface area contributed by atoms with E-state index in [1.54, 1.807) is 23.3 Å². The van der Waals surface area contributed by atoms with Gasteiger partial charge in [0.1, 0.15) is 0 Å². The number of imidazole rings is 1. The Morgan fingerprint density at radius 2 is 2.12 bits per heavy atom. The number of fused-ring (bicyclic) bond motifs is 1. The molecule has 0 unspecified atom stereocenters. The van der Waals surface area contributed by atoms with Crippen molar-refractivity contribution in [3.05, 3.63) is 47.6 Å². The highest BCUT2D eigenvalue weighted by molar-refractivity contribution is 7.15. The minimum absolute atomic E-state index is 0.112. The first-order chi connectivity index (χ1) is 11.7. The number of rotatable bonds is 7. The minimum atomic E-state index is 0.112. The lowest BCUT2D eigenvalue weighted by Crippen LogP contribution is -2.30. The number of amides is 1. The summed E-state index contributed by atoms with van der Waals surface area (Å²) in [5.41, 5.74) is 3.00. The Morgan fingerprint density at radius 3 is 2.88 bits per heavy atom. The van der Waals surface area contributed by atoms with E-state index in [-0.39, 0.29) is 5.91 Å². The third-order valence-electron chi connectivity index (χ3n) is 3.95. The van der Waals surface area contributed by atoms with E-state index in [9.17, 15) is 4.79 Å². The van der Waals surface area contributed by atoms with Gasteiger partial charge in [-0.1, -0.05) is 30.3 Å². The number of ether oxygens (including phenoxy) is 1. The van der Waals surface area contributed by atoms with Crippen molar-refractivity contribution in [2.75, 3.05) is 27.3 Å².